The normalized spacial score (nSPS) is 12.0. The topological polar surface area (TPSA) is 69.8 Å². The molecule has 0 aromatic heterocycles. The smallest absolute Gasteiger partial charge is 0.304 e. The molecule has 1 aromatic rings. The first-order valence-electron chi connectivity index (χ1n) is 9.24. The Hall–Kier alpha value is -0.880. The van der Waals surface area contributed by atoms with Gasteiger partial charge in [-0.3, -0.25) is 4.79 Å². The largest absolute Gasteiger partial charge is 0.481 e. The maximum atomic E-state index is 11.0. The molecule has 0 amide bonds. The van der Waals surface area contributed by atoms with Gasteiger partial charge in [0, 0.05) is 61.2 Å². The van der Waals surface area contributed by atoms with Crippen LogP contribution in [0, 0.1) is 0 Å². The van der Waals surface area contributed by atoms with Gasteiger partial charge >= 0.3 is 5.97 Å². The van der Waals surface area contributed by atoms with E-state index in [4.69, 9.17) is 45.6 Å². The standard InChI is InChI=1S/C19H30Cl3N3O2/c1-2-8-24(9-5-20)17-3-4-18(25(10-6-21)11-7-22)15(13-17)12-16(23)14-19(26)27/h3-4,13,16H,2,5-12,14,23H2,1H3,(H,26,27)/t16-/m0/s1. The van der Waals surface area contributed by atoms with E-state index < -0.39 is 12.0 Å². The summed E-state index contributed by atoms with van der Waals surface area (Å²) in [5, 5.41) is 9.04. The second-order valence-electron chi connectivity index (χ2n) is 6.42. The highest BCUT2D eigenvalue weighted by atomic mass is 35.5. The molecule has 27 heavy (non-hydrogen) atoms. The lowest BCUT2D eigenvalue weighted by molar-refractivity contribution is -0.137. The van der Waals surface area contributed by atoms with E-state index in [1.165, 1.54) is 0 Å². The minimum Gasteiger partial charge on any atom is -0.481 e. The first kappa shape index (κ1) is 24.2. The number of alkyl halides is 3. The van der Waals surface area contributed by atoms with Gasteiger partial charge in [0.1, 0.15) is 0 Å². The number of nitrogens with zero attached hydrogens (tertiary/aromatic N) is 2. The van der Waals surface area contributed by atoms with E-state index >= 15 is 0 Å². The molecule has 8 heteroatoms. The zero-order chi connectivity index (χ0) is 20.2. The summed E-state index contributed by atoms with van der Waals surface area (Å²) in [5.41, 5.74) is 9.16. The molecular weight excluding hydrogens is 409 g/mol. The van der Waals surface area contributed by atoms with E-state index in [2.05, 4.69) is 28.9 Å². The molecule has 5 nitrogen and oxygen atoms in total. The van der Waals surface area contributed by atoms with Gasteiger partial charge in [-0.25, -0.2) is 0 Å². The van der Waals surface area contributed by atoms with E-state index in [9.17, 15) is 4.79 Å². The number of anilines is 2. The summed E-state index contributed by atoms with van der Waals surface area (Å²) in [5.74, 6) is 0.606. The third-order valence-electron chi connectivity index (χ3n) is 4.24. The second-order valence-corrected chi connectivity index (χ2v) is 7.55. The van der Waals surface area contributed by atoms with Crippen LogP contribution in [0.15, 0.2) is 18.2 Å². The first-order valence-corrected chi connectivity index (χ1v) is 10.8. The van der Waals surface area contributed by atoms with E-state index in [1.807, 2.05) is 6.07 Å². The number of carboxylic acids is 1. The maximum Gasteiger partial charge on any atom is 0.304 e. The highest BCUT2D eigenvalue weighted by molar-refractivity contribution is 6.18. The van der Waals surface area contributed by atoms with Crippen molar-refractivity contribution in [1.29, 1.82) is 0 Å². The summed E-state index contributed by atoms with van der Waals surface area (Å²) in [7, 11) is 0. The molecule has 0 radical (unpaired) electrons. The van der Waals surface area contributed by atoms with Crippen LogP contribution in [0.1, 0.15) is 25.3 Å². The Bertz CT molecular complexity index is 563. The predicted molar refractivity (Wildman–Crippen MR) is 117 cm³/mol. The van der Waals surface area contributed by atoms with Gasteiger partial charge in [-0.1, -0.05) is 6.92 Å². The minimum atomic E-state index is -0.895. The Morgan fingerprint density at radius 1 is 1.07 bits per heavy atom. The molecule has 0 heterocycles. The maximum absolute atomic E-state index is 11.0. The lowest BCUT2D eigenvalue weighted by Gasteiger charge is -2.29. The number of benzene rings is 1. The minimum absolute atomic E-state index is 0.0744. The van der Waals surface area contributed by atoms with Crippen molar-refractivity contribution in [3.8, 4) is 0 Å². The van der Waals surface area contributed by atoms with Gasteiger partial charge in [0.15, 0.2) is 0 Å². The highest BCUT2D eigenvalue weighted by Crippen LogP contribution is 2.28. The van der Waals surface area contributed by atoms with Gasteiger partial charge in [0.25, 0.3) is 0 Å². The van der Waals surface area contributed by atoms with Crippen LogP contribution in [0.4, 0.5) is 11.4 Å². The van der Waals surface area contributed by atoms with Crippen LogP contribution in [0.5, 0.6) is 0 Å². The SMILES string of the molecule is CCCN(CCCl)c1ccc(N(CCCl)CCCl)c(C[C@H](N)CC(=O)O)c1. The van der Waals surface area contributed by atoms with Crippen LogP contribution in [0.3, 0.4) is 0 Å². The number of hydrogen-bond donors (Lipinski definition) is 2. The Morgan fingerprint density at radius 3 is 2.19 bits per heavy atom. The van der Waals surface area contributed by atoms with Crippen molar-refractivity contribution in [2.24, 2.45) is 5.73 Å². The fourth-order valence-electron chi connectivity index (χ4n) is 3.12. The molecule has 0 spiro atoms. The lowest BCUT2D eigenvalue weighted by Crippen LogP contribution is -2.32. The van der Waals surface area contributed by atoms with Crippen molar-refractivity contribution in [2.45, 2.75) is 32.2 Å². The Morgan fingerprint density at radius 2 is 1.67 bits per heavy atom. The molecular formula is C19H30Cl3N3O2. The molecule has 0 unspecified atom stereocenters. The summed E-state index contributed by atoms with van der Waals surface area (Å²) in [4.78, 5) is 15.4. The zero-order valence-corrected chi connectivity index (χ0v) is 18.1. The van der Waals surface area contributed by atoms with Crippen LogP contribution in [0.25, 0.3) is 0 Å². The predicted octanol–water partition coefficient (Wildman–Crippen LogP) is 3.77. The molecule has 1 rings (SSSR count). The second kappa shape index (κ2) is 13.3. The number of halogens is 3. The van der Waals surface area contributed by atoms with E-state index in [1.54, 1.807) is 0 Å². The molecule has 0 bridgehead atoms. The lowest BCUT2D eigenvalue weighted by atomic mass is 10.00. The number of hydrogen-bond acceptors (Lipinski definition) is 4. The van der Waals surface area contributed by atoms with Gasteiger partial charge < -0.3 is 20.6 Å². The number of carboxylic acid groups (broad SMARTS) is 1. The van der Waals surface area contributed by atoms with Crippen molar-refractivity contribution >= 4 is 52.1 Å². The summed E-state index contributed by atoms with van der Waals surface area (Å²) in [6.45, 7) is 5.11. The highest BCUT2D eigenvalue weighted by Gasteiger charge is 2.17. The van der Waals surface area contributed by atoms with Crippen molar-refractivity contribution in [3.63, 3.8) is 0 Å². The zero-order valence-electron chi connectivity index (χ0n) is 15.8. The average Bonchev–Trinajstić information content (AvgIpc) is 2.60. The van der Waals surface area contributed by atoms with Crippen molar-refractivity contribution < 1.29 is 9.90 Å². The summed E-state index contributed by atoms with van der Waals surface area (Å²) >= 11 is 17.9. The molecule has 154 valence electrons. The molecule has 0 aliphatic carbocycles. The van der Waals surface area contributed by atoms with Crippen LogP contribution in [0.2, 0.25) is 0 Å². The van der Waals surface area contributed by atoms with Gasteiger partial charge in [0.2, 0.25) is 0 Å². The van der Waals surface area contributed by atoms with Crippen molar-refractivity contribution in [2.75, 3.05) is 53.6 Å². The van der Waals surface area contributed by atoms with Gasteiger partial charge in [-0.2, -0.15) is 0 Å². The molecule has 0 saturated carbocycles. The third-order valence-corrected chi connectivity index (χ3v) is 4.75. The number of aliphatic carboxylic acids is 1. The molecule has 0 aliphatic heterocycles. The first-order chi connectivity index (χ1) is 13.0. The fraction of sp³-hybridized carbons (Fsp3) is 0.632. The molecule has 0 fully saturated rings. The molecule has 1 atom stereocenters. The molecule has 0 aliphatic rings. The average molecular weight is 439 g/mol. The molecule has 3 N–H and O–H groups in total. The summed E-state index contributed by atoms with van der Waals surface area (Å²) in [6, 6.07) is 5.75. The van der Waals surface area contributed by atoms with Crippen molar-refractivity contribution in [1.82, 2.24) is 0 Å². The fourth-order valence-corrected chi connectivity index (χ4v) is 3.73. The van der Waals surface area contributed by atoms with Crippen LogP contribution >= 0.6 is 34.8 Å². The molecule has 1 aromatic carbocycles. The number of nitrogens with two attached hydrogens (primary N) is 1. The quantitative estimate of drug-likeness (QED) is 0.433. The Kier molecular flexibility index (Phi) is 11.9. The van der Waals surface area contributed by atoms with Crippen LogP contribution < -0.4 is 15.5 Å². The van der Waals surface area contributed by atoms with E-state index in [-0.39, 0.29) is 6.42 Å². The van der Waals surface area contributed by atoms with Gasteiger partial charge in [0.05, 0.1) is 6.42 Å². The Balaban J connectivity index is 3.24. The monoisotopic (exact) mass is 437 g/mol. The van der Waals surface area contributed by atoms with Crippen LogP contribution in [-0.4, -0.2) is 60.9 Å². The number of rotatable bonds is 14. The van der Waals surface area contributed by atoms with Crippen LogP contribution in [-0.2, 0) is 11.2 Å². The molecule has 0 saturated heterocycles. The Labute approximate surface area is 177 Å². The summed E-state index contributed by atoms with van der Waals surface area (Å²) in [6.07, 6.45) is 1.41. The van der Waals surface area contributed by atoms with Gasteiger partial charge in [-0.05, 0) is 36.6 Å². The van der Waals surface area contributed by atoms with E-state index in [0.29, 0.717) is 37.2 Å². The van der Waals surface area contributed by atoms with Crippen molar-refractivity contribution in [3.05, 3.63) is 23.8 Å². The van der Waals surface area contributed by atoms with E-state index in [0.717, 1.165) is 36.4 Å². The van der Waals surface area contributed by atoms with Gasteiger partial charge in [-0.15, -0.1) is 34.8 Å². The number of carbonyl (C=O) groups is 1. The third kappa shape index (κ3) is 8.34. The summed E-state index contributed by atoms with van der Waals surface area (Å²) < 4.78 is 0.